The van der Waals surface area contributed by atoms with Gasteiger partial charge in [0.05, 0.1) is 11.7 Å². The first-order chi connectivity index (χ1) is 10.5. The van der Waals surface area contributed by atoms with Crippen molar-refractivity contribution in [1.29, 1.82) is 0 Å². The number of nitrogens with zero attached hydrogens (tertiary/aromatic N) is 2. The molecule has 2 heterocycles. The summed E-state index contributed by atoms with van der Waals surface area (Å²) in [6, 6.07) is -0.636. The van der Waals surface area contributed by atoms with Gasteiger partial charge in [0.2, 0.25) is 5.91 Å². The predicted octanol–water partition coefficient (Wildman–Crippen LogP) is 1.55. The minimum Gasteiger partial charge on any atom is -0.368 e. The van der Waals surface area contributed by atoms with Crippen molar-refractivity contribution in [2.75, 3.05) is 0 Å². The number of nitrogens with one attached hydrogen (secondary N) is 2. The quantitative estimate of drug-likeness (QED) is 0.796. The van der Waals surface area contributed by atoms with Crippen LogP contribution in [0.25, 0.3) is 4.96 Å². The molecule has 1 aliphatic carbocycles. The predicted molar refractivity (Wildman–Crippen MR) is 83.5 cm³/mol. The fraction of sp³-hybridized carbons (Fsp3) is 0.500. The molecule has 4 N–H and O–H groups in total. The third-order valence-corrected chi connectivity index (χ3v) is 4.96. The van der Waals surface area contributed by atoms with Crippen molar-refractivity contribution in [3.63, 3.8) is 0 Å². The highest BCUT2D eigenvalue weighted by atomic mass is 32.1. The molecule has 3 amide bonds. The number of primary amides is 1. The van der Waals surface area contributed by atoms with Crippen LogP contribution in [0.2, 0.25) is 0 Å². The number of carbonyl (C=O) groups excluding carboxylic acids is 2. The van der Waals surface area contributed by atoms with Crippen molar-refractivity contribution in [1.82, 2.24) is 20.0 Å². The van der Waals surface area contributed by atoms with E-state index in [1.165, 1.54) is 11.3 Å². The molecule has 1 aliphatic rings. The number of carbonyl (C=O) groups is 2. The lowest BCUT2D eigenvalue weighted by molar-refractivity contribution is -0.123. The molecular formula is C14H19N5O2S. The highest BCUT2D eigenvalue weighted by molar-refractivity contribution is 7.15. The van der Waals surface area contributed by atoms with E-state index in [1.807, 2.05) is 29.1 Å². The van der Waals surface area contributed by atoms with E-state index in [9.17, 15) is 9.59 Å². The molecule has 1 atom stereocenters. The van der Waals surface area contributed by atoms with E-state index in [-0.39, 0.29) is 12.1 Å². The summed E-state index contributed by atoms with van der Waals surface area (Å²) < 4.78 is 1.91. The summed E-state index contributed by atoms with van der Waals surface area (Å²) in [5.74, 6) is -0.463. The van der Waals surface area contributed by atoms with Crippen LogP contribution < -0.4 is 16.4 Å². The second-order valence-corrected chi connectivity index (χ2v) is 6.61. The first kappa shape index (κ1) is 14.8. The number of nitrogens with two attached hydrogens (primary N) is 1. The fourth-order valence-corrected chi connectivity index (χ4v) is 3.60. The zero-order valence-electron chi connectivity index (χ0n) is 12.3. The van der Waals surface area contributed by atoms with E-state index in [4.69, 9.17) is 5.73 Å². The van der Waals surface area contributed by atoms with Crippen molar-refractivity contribution in [3.05, 3.63) is 23.5 Å². The molecule has 1 saturated carbocycles. The molecule has 1 fully saturated rings. The van der Waals surface area contributed by atoms with Gasteiger partial charge in [-0.1, -0.05) is 12.8 Å². The van der Waals surface area contributed by atoms with E-state index in [1.54, 1.807) is 0 Å². The Kier molecular flexibility index (Phi) is 3.78. The van der Waals surface area contributed by atoms with Gasteiger partial charge in [0.1, 0.15) is 5.54 Å². The van der Waals surface area contributed by atoms with Crippen molar-refractivity contribution in [3.8, 4) is 0 Å². The Morgan fingerprint density at radius 2 is 2.18 bits per heavy atom. The van der Waals surface area contributed by atoms with Gasteiger partial charge in [-0.3, -0.25) is 9.20 Å². The average Bonchev–Trinajstić information content (AvgIpc) is 3.12. The van der Waals surface area contributed by atoms with Crippen LogP contribution in [0.5, 0.6) is 0 Å². The zero-order chi connectivity index (χ0) is 15.7. The Morgan fingerprint density at radius 3 is 2.82 bits per heavy atom. The lowest BCUT2D eigenvalue weighted by Crippen LogP contribution is -2.58. The van der Waals surface area contributed by atoms with Gasteiger partial charge in [-0.15, -0.1) is 11.3 Å². The molecule has 22 heavy (non-hydrogen) atoms. The second-order valence-electron chi connectivity index (χ2n) is 5.73. The molecule has 0 aromatic carbocycles. The zero-order valence-corrected chi connectivity index (χ0v) is 13.2. The molecule has 7 nitrogen and oxygen atoms in total. The van der Waals surface area contributed by atoms with Gasteiger partial charge in [-0.25, -0.2) is 9.78 Å². The van der Waals surface area contributed by atoms with Gasteiger partial charge in [-0.05, 0) is 19.8 Å². The van der Waals surface area contributed by atoms with Gasteiger partial charge in [0.15, 0.2) is 4.96 Å². The minimum atomic E-state index is -0.904. The summed E-state index contributed by atoms with van der Waals surface area (Å²) in [5, 5.41) is 7.54. The first-order valence-electron chi connectivity index (χ1n) is 7.31. The van der Waals surface area contributed by atoms with Gasteiger partial charge >= 0.3 is 6.03 Å². The number of amides is 3. The molecule has 2 aromatic heterocycles. The highest BCUT2D eigenvalue weighted by Gasteiger charge is 2.41. The number of urea groups is 1. The number of rotatable bonds is 4. The van der Waals surface area contributed by atoms with E-state index in [2.05, 4.69) is 15.6 Å². The fourth-order valence-electron chi connectivity index (χ4n) is 2.89. The molecule has 3 rings (SSSR count). The van der Waals surface area contributed by atoms with E-state index >= 15 is 0 Å². The van der Waals surface area contributed by atoms with Crippen molar-refractivity contribution in [2.45, 2.75) is 44.2 Å². The molecule has 0 saturated heterocycles. The maximum atomic E-state index is 12.2. The lowest BCUT2D eigenvalue weighted by atomic mass is 9.97. The van der Waals surface area contributed by atoms with Crippen LogP contribution in [0.15, 0.2) is 17.8 Å². The van der Waals surface area contributed by atoms with Crippen molar-refractivity contribution < 1.29 is 9.59 Å². The summed E-state index contributed by atoms with van der Waals surface area (Å²) in [4.78, 5) is 29.2. The largest absolute Gasteiger partial charge is 0.368 e. The molecule has 2 aromatic rings. The summed E-state index contributed by atoms with van der Waals surface area (Å²) in [6.07, 6.45) is 6.81. The van der Waals surface area contributed by atoms with Crippen LogP contribution in [0, 0.1) is 0 Å². The normalized spacial score (nSPS) is 18.2. The smallest absolute Gasteiger partial charge is 0.316 e. The number of aromatic nitrogens is 2. The molecule has 0 bridgehead atoms. The van der Waals surface area contributed by atoms with E-state index in [0.29, 0.717) is 12.8 Å². The van der Waals surface area contributed by atoms with Gasteiger partial charge < -0.3 is 16.4 Å². The number of thiazole rings is 1. The van der Waals surface area contributed by atoms with Gasteiger partial charge in [0.25, 0.3) is 0 Å². The second kappa shape index (κ2) is 5.60. The number of imidazole rings is 1. The number of hydrogen-bond donors (Lipinski definition) is 3. The van der Waals surface area contributed by atoms with Crippen LogP contribution in [-0.2, 0) is 4.79 Å². The van der Waals surface area contributed by atoms with Crippen LogP contribution >= 0.6 is 11.3 Å². The molecule has 0 radical (unpaired) electrons. The topological polar surface area (TPSA) is 102 Å². The monoisotopic (exact) mass is 321 g/mol. The van der Waals surface area contributed by atoms with Gasteiger partial charge in [0, 0.05) is 17.8 Å². The Morgan fingerprint density at radius 1 is 1.45 bits per heavy atom. The highest BCUT2D eigenvalue weighted by Crippen LogP contribution is 2.29. The number of hydrogen-bond acceptors (Lipinski definition) is 4. The molecular weight excluding hydrogens is 302 g/mol. The maximum Gasteiger partial charge on any atom is 0.316 e. The molecule has 118 valence electrons. The Bertz CT molecular complexity index is 672. The minimum absolute atomic E-state index is 0.251. The van der Waals surface area contributed by atoms with Crippen LogP contribution in [0.4, 0.5) is 4.79 Å². The Hall–Kier alpha value is -2.09. The Labute approximate surface area is 131 Å². The van der Waals surface area contributed by atoms with Crippen LogP contribution in [-0.4, -0.2) is 26.9 Å². The first-order valence-corrected chi connectivity index (χ1v) is 8.19. The summed E-state index contributed by atoms with van der Waals surface area (Å²) in [6.45, 7) is 1.86. The summed E-state index contributed by atoms with van der Waals surface area (Å²) >= 11 is 1.54. The third-order valence-electron chi connectivity index (χ3n) is 4.18. The van der Waals surface area contributed by atoms with Crippen LogP contribution in [0.1, 0.15) is 44.3 Å². The summed E-state index contributed by atoms with van der Waals surface area (Å²) in [5.41, 5.74) is 5.34. The standard InChI is InChI=1S/C14H19N5O2S/c1-9(10-8-19-6-7-22-13(19)17-10)16-12(21)18-14(11(15)20)4-2-3-5-14/h6-9H,2-5H2,1H3,(H2,15,20)(H2,16,18,21)/t9-/m1/s1. The maximum absolute atomic E-state index is 12.2. The van der Waals surface area contributed by atoms with Crippen molar-refractivity contribution in [2.24, 2.45) is 5.73 Å². The van der Waals surface area contributed by atoms with E-state index < -0.39 is 11.4 Å². The van der Waals surface area contributed by atoms with Gasteiger partial charge in [-0.2, -0.15) is 0 Å². The molecule has 8 heteroatoms. The SMILES string of the molecule is C[C@@H](NC(=O)NC1(C(N)=O)CCCC1)c1cn2ccsc2n1. The lowest BCUT2D eigenvalue weighted by Gasteiger charge is -2.27. The average molecular weight is 321 g/mol. The van der Waals surface area contributed by atoms with Crippen LogP contribution in [0.3, 0.4) is 0 Å². The summed E-state index contributed by atoms with van der Waals surface area (Å²) in [7, 11) is 0. The Balaban J connectivity index is 1.65. The molecule has 0 aliphatic heterocycles. The van der Waals surface area contributed by atoms with E-state index in [0.717, 1.165) is 23.5 Å². The third kappa shape index (κ3) is 2.66. The molecule has 0 spiro atoms. The molecule has 0 unspecified atom stereocenters. The number of fused-ring (bicyclic) bond motifs is 1. The van der Waals surface area contributed by atoms with Crippen molar-refractivity contribution >= 4 is 28.2 Å².